The van der Waals surface area contributed by atoms with Crippen LogP contribution < -0.4 is 0 Å². The van der Waals surface area contributed by atoms with Crippen molar-refractivity contribution in [2.75, 3.05) is 26.2 Å². The van der Waals surface area contributed by atoms with Crippen molar-refractivity contribution in [2.45, 2.75) is 32.4 Å². The second kappa shape index (κ2) is 8.61. The maximum atomic E-state index is 13.9. The number of piperazine rings is 1. The van der Waals surface area contributed by atoms with Crippen molar-refractivity contribution in [3.63, 3.8) is 0 Å². The van der Waals surface area contributed by atoms with Gasteiger partial charge in [-0.1, -0.05) is 55.5 Å². The molecule has 0 saturated carbocycles. The number of hydrogen-bond acceptors (Lipinski definition) is 6. The van der Waals surface area contributed by atoms with Crippen LogP contribution in [0.2, 0.25) is 0 Å². The van der Waals surface area contributed by atoms with Crippen LogP contribution in [0.4, 0.5) is 0 Å². The van der Waals surface area contributed by atoms with Gasteiger partial charge in [-0.05, 0) is 24.5 Å². The largest absolute Gasteiger partial charge is 0.297 e. The van der Waals surface area contributed by atoms with Crippen LogP contribution in [-0.4, -0.2) is 57.5 Å². The smallest absolute Gasteiger partial charge is 0.198 e. The Bertz CT molecular complexity index is 1180. The molecule has 0 unspecified atom stereocenters. The summed E-state index contributed by atoms with van der Waals surface area (Å²) in [5.41, 5.74) is 3.35. The van der Waals surface area contributed by atoms with Crippen molar-refractivity contribution in [3.8, 4) is 0 Å². The number of nitrogens with zero attached hydrogens (tertiary/aromatic N) is 4. The quantitative estimate of drug-likeness (QED) is 0.567. The van der Waals surface area contributed by atoms with Gasteiger partial charge in [0, 0.05) is 50.0 Å². The molecule has 3 aromatic rings. The lowest BCUT2D eigenvalue weighted by molar-refractivity contribution is 0.0265. The lowest BCUT2D eigenvalue weighted by Gasteiger charge is -2.43. The van der Waals surface area contributed by atoms with Crippen molar-refractivity contribution < 1.29 is 9.59 Å². The molecule has 2 aromatic carbocycles. The Morgan fingerprint density at radius 3 is 2.06 bits per heavy atom. The van der Waals surface area contributed by atoms with Gasteiger partial charge in [-0.2, -0.15) is 0 Å². The van der Waals surface area contributed by atoms with E-state index >= 15 is 0 Å². The number of fused-ring (bicyclic) bond motifs is 1. The molecule has 6 nitrogen and oxygen atoms in total. The van der Waals surface area contributed by atoms with Gasteiger partial charge in [0.25, 0.3) is 0 Å². The maximum Gasteiger partial charge on any atom is 0.198 e. The SMILES string of the molecule is CCc1ccccc1CN1CCN(C2(c3cncc(C)n3)C(=O)c3ccccc3C2=O)CC1. The first-order valence-electron chi connectivity index (χ1n) is 11.6. The molecule has 0 amide bonds. The predicted molar refractivity (Wildman–Crippen MR) is 126 cm³/mol. The average Bonchev–Trinajstić information content (AvgIpc) is 3.08. The van der Waals surface area contributed by atoms with E-state index in [1.807, 2.05) is 24.0 Å². The van der Waals surface area contributed by atoms with Gasteiger partial charge in [-0.15, -0.1) is 0 Å². The number of benzene rings is 2. The number of aromatic nitrogens is 2. The van der Waals surface area contributed by atoms with E-state index in [4.69, 9.17) is 0 Å². The number of rotatable bonds is 5. The molecule has 0 N–H and O–H groups in total. The van der Waals surface area contributed by atoms with Gasteiger partial charge in [-0.25, -0.2) is 0 Å². The first-order valence-corrected chi connectivity index (χ1v) is 11.6. The molecule has 1 aliphatic carbocycles. The topological polar surface area (TPSA) is 66.4 Å². The van der Waals surface area contributed by atoms with Gasteiger partial charge in [0.15, 0.2) is 17.1 Å². The van der Waals surface area contributed by atoms with E-state index < -0.39 is 5.54 Å². The molecule has 33 heavy (non-hydrogen) atoms. The second-order valence-corrected chi connectivity index (χ2v) is 8.85. The Hall–Kier alpha value is -3.22. The molecule has 5 rings (SSSR count). The third kappa shape index (κ3) is 3.50. The summed E-state index contributed by atoms with van der Waals surface area (Å²) in [6.45, 7) is 7.65. The van der Waals surface area contributed by atoms with Crippen LogP contribution in [0.1, 0.15) is 50.2 Å². The molecule has 1 aliphatic heterocycles. The van der Waals surface area contributed by atoms with Gasteiger partial charge in [0.1, 0.15) is 0 Å². The molecule has 2 heterocycles. The second-order valence-electron chi connectivity index (χ2n) is 8.85. The third-order valence-electron chi connectivity index (χ3n) is 6.94. The molecule has 1 saturated heterocycles. The van der Waals surface area contributed by atoms with Gasteiger partial charge in [0.2, 0.25) is 0 Å². The Kier molecular flexibility index (Phi) is 5.64. The zero-order valence-electron chi connectivity index (χ0n) is 19.1. The average molecular weight is 441 g/mol. The van der Waals surface area contributed by atoms with E-state index in [1.165, 1.54) is 11.1 Å². The summed E-state index contributed by atoms with van der Waals surface area (Å²) in [6.07, 6.45) is 4.24. The molecule has 0 atom stereocenters. The van der Waals surface area contributed by atoms with Crippen LogP contribution in [0.3, 0.4) is 0 Å². The van der Waals surface area contributed by atoms with E-state index in [-0.39, 0.29) is 11.6 Å². The fraction of sp³-hybridized carbons (Fsp3) is 0.333. The molecule has 0 spiro atoms. The summed E-state index contributed by atoms with van der Waals surface area (Å²) in [4.78, 5) is 41.1. The lowest BCUT2D eigenvalue weighted by Crippen LogP contribution is -2.60. The molecule has 2 aliphatic rings. The molecular formula is C27H28N4O2. The number of carbonyl (C=O) groups is 2. The highest BCUT2D eigenvalue weighted by molar-refractivity contribution is 6.32. The maximum absolute atomic E-state index is 13.9. The summed E-state index contributed by atoms with van der Waals surface area (Å²) < 4.78 is 0. The molecule has 1 fully saturated rings. The van der Waals surface area contributed by atoms with Gasteiger partial charge in [-0.3, -0.25) is 29.4 Å². The Labute approximate surface area is 194 Å². The molecule has 1 aromatic heterocycles. The third-order valence-corrected chi connectivity index (χ3v) is 6.94. The van der Waals surface area contributed by atoms with E-state index in [1.54, 1.807) is 24.5 Å². The van der Waals surface area contributed by atoms with E-state index in [2.05, 4.69) is 46.1 Å². The van der Waals surface area contributed by atoms with Crippen LogP contribution in [0.5, 0.6) is 0 Å². The number of Topliss-reactive ketones (excluding diaryl/α,β-unsaturated/α-hetero) is 2. The van der Waals surface area contributed by atoms with E-state index in [0.717, 1.165) is 26.1 Å². The monoisotopic (exact) mass is 440 g/mol. The van der Waals surface area contributed by atoms with Gasteiger partial charge >= 0.3 is 0 Å². The lowest BCUT2D eigenvalue weighted by atomic mass is 9.86. The normalized spacial score (nSPS) is 18.5. The van der Waals surface area contributed by atoms with Crippen LogP contribution in [-0.2, 0) is 18.5 Å². The highest BCUT2D eigenvalue weighted by Gasteiger charge is 2.59. The van der Waals surface area contributed by atoms with E-state index in [9.17, 15) is 9.59 Å². The van der Waals surface area contributed by atoms with Crippen molar-refractivity contribution in [1.29, 1.82) is 0 Å². The highest BCUT2D eigenvalue weighted by atomic mass is 16.2. The van der Waals surface area contributed by atoms with Crippen LogP contribution in [0.25, 0.3) is 0 Å². The minimum Gasteiger partial charge on any atom is -0.297 e. The Morgan fingerprint density at radius 1 is 0.848 bits per heavy atom. The predicted octanol–water partition coefficient (Wildman–Crippen LogP) is 3.44. The van der Waals surface area contributed by atoms with Crippen LogP contribution >= 0.6 is 0 Å². The highest BCUT2D eigenvalue weighted by Crippen LogP contribution is 2.42. The molecular weight excluding hydrogens is 412 g/mol. The van der Waals surface area contributed by atoms with Gasteiger partial charge < -0.3 is 0 Å². The van der Waals surface area contributed by atoms with Crippen molar-refractivity contribution in [2.24, 2.45) is 0 Å². The fourth-order valence-electron chi connectivity index (χ4n) is 5.23. The standard InChI is InChI=1S/C27H28N4O2/c1-3-20-8-4-5-9-21(20)18-30-12-14-31(15-13-30)27(24-17-28-16-19(2)29-24)25(32)22-10-6-7-11-23(22)26(27)33/h4-11,16-17H,3,12-15,18H2,1-2H3. The van der Waals surface area contributed by atoms with Crippen molar-refractivity contribution in [3.05, 3.63) is 94.6 Å². The zero-order valence-corrected chi connectivity index (χ0v) is 19.1. The summed E-state index contributed by atoms with van der Waals surface area (Å²) in [5.74, 6) is -0.374. The summed E-state index contributed by atoms with van der Waals surface area (Å²) in [5, 5.41) is 0. The zero-order chi connectivity index (χ0) is 23.0. The first kappa shape index (κ1) is 21.6. The fourth-order valence-corrected chi connectivity index (χ4v) is 5.23. The summed E-state index contributed by atoms with van der Waals surface area (Å²) >= 11 is 0. The Morgan fingerprint density at radius 2 is 1.45 bits per heavy atom. The van der Waals surface area contributed by atoms with Crippen LogP contribution in [0, 0.1) is 6.92 Å². The minimum atomic E-state index is -1.43. The van der Waals surface area contributed by atoms with Crippen molar-refractivity contribution in [1.82, 2.24) is 19.8 Å². The number of ketones is 2. The van der Waals surface area contributed by atoms with Crippen LogP contribution in [0.15, 0.2) is 60.9 Å². The first-order chi connectivity index (χ1) is 16.1. The summed E-state index contributed by atoms with van der Waals surface area (Å²) in [6, 6.07) is 15.7. The summed E-state index contributed by atoms with van der Waals surface area (Å²) in [7, 11) is 0. The molecule has 168 valence electrons. The van der Waals surface area contributed by atoms with E-state index in [0.29, 0.717) is 35.6 Å². The number of hydrogen-bond donors (Lipinski definition) is 0. The molecule has 6 heteroatoms. The molecule has 0 radical (unpaired) electrons. The Balaban J connectivity index is 1.46. The van der Waals surface area contributed by atoms with Gasteiger partial charge in [0.05, 0.1) is 17.6 Å². The minimum absolute atomic E-state index is 0.187. The van der Waals surface area contributed by atoms with Crippen molar-refractivity contribution >= 4 is 11.6 Å². The molecule has 0 bridgehead atoms. The number of aryl methyl sites for hydroxylation is 2. The number of carbonyl (C=O) groups excluding carboxylic acids is 2.